The van der Waals surface area contributed by atoms with E-state index in [4.69, 9.17) is 9.84 Å². The van der Waals surface area contributed by atoms with Gasteiger partial charge in [-0.2, -0.15) is 8.78 Å². The first-order chi connectivity index (χ1) is 13.7. The third-order valence-electron chi connectivity index (χ3n) is 5.87. The Balaban J connectivity index is 0. The molecule has 0 aromatic heterocycles. The third-order valence-corrected chi connectivity index (χ3v) is 5.87. The number of halogens is 4. The summed E-state index contributed by atoms with van der Waals surface area (Å²) in [5.74, 6) is 2.28. The van der Waals surface area contributed by atoms with Crippen molar-refractivity contribution in [3.63, 3.8) is 0 Å². The Bertz CT molecular complexity index is 735. The second-order valence-electron chi connectivity index (χ2n) is 7.72. The molecule has 2 aromatic carbocycles. The molecule has 0 bridgehead atoms. The number of rotatable bonds is 5. The Hall–Kier alpha value is -0.418. The predicted molar refractivity (Wildman–Crippen MR) is 118 cm³/mol. The van der Waals surface area contributed by atoms with Crippen molar-refractivity contribution in [3.8, 4) is 5.75 Å². The van der Waals surface area contributed by atoms with E-state index in [2.05, 4.69) is 10.8 Å². The standard InChI is InChI=1S/C12H12O2.C11H18F2O.CH4.Ac.2FH/c13-7-8-14-12-6-5-10-3-1-2-4-11(10)9-12;12-11(13)14-10-6-5-8-3-1-2-4-9(8)7-10;;;;/h1-6,9,13H,7-8H2;8-11H,1-7H2;1H4;;2*1H. The maximum absolute atomic E-state index is 12.0. The van der Waals surface area contributed by atoms with Crippen LogP contribution in [0.2, 0.25) is 0 Å². The molecule has 1 radical (unpaired) electrons. The molecule has 3 atom stereocenters. The minimum Gasteiger partial charge on any atom is -0.491 e. The number of alkyl halides is 2. The summed E-state index contributed by atoms with van der Waals surface area (Å²) in [5, 5.41) is 11.0. The normalized spacial score (nSPS) is 21.3. The first-order valence-electron chi connectivity index (χ1n) is 10.3. The van der Waals surface area contributed by atoms with Gasteiger partial charge in [0, 0.05) is 44.1 Å². The van der Waals surface area contributed by atoms with E-state index in [1.807, 2.05) is 36.4 Å². The molecule has 0 aliphatic heterocycles. The summed E-state index contributed by atoms with van der Waals surface area (Å²) in [4.78, 5) is 0. The summed E-state index contributed by atoms with van der Waals surface area (Å²) in [6.07, 6.45) is 7.79. The molecule has 4 rings (SSSR count). The number of hydrogen-bond donors (Lipinski definition) is 1. The fourth-order valence-corrected chi connectivity index (χ4v) is 4.52. The number of ether oxygens (including phenoxy) is 2. The number of aliphatic hydroxyl groups excluding tert-OH is 1. The maximum atomic E-state index is 12.0. The summed E-state index contributed by atoms with van der Waals surface area (Å²) >= 11 is 0. The quantitative estimate of drug-likeness (QED) is 0.358. The largest absolute Gasteiger partial charge is 0.491 e. The second-order valence-corrected chi connectivity index (χ2v) is 7.72. The van der Waals surface area contributed by atoms with E-state index >= 15 is 0 Å². The summed E-state index contributed by atoms with van der Waals surface area (Å²) < 4.78 is 34.0. The molecule has 0 heterocycles. The minimum atomic E-state index is -2.58. The molecular weight excluding hydrogens is 639 g/mol. The molecule has 3 unspecified atom stereocenters. The van der Waals surface area contributed by atoms with Gasteiger partial charge in [0.15, 0.2) is 0 Å². The van der Waals surface area contributed by atoms with Gasteiger partial charge in [-0.25, -0.2) is 0 Å². The van der Waals surface area contributed by atoms with E-state index < -0.39 is 6.61 Å². The Labute approximate surface area is 224 Å². The van der Waals surface area contributed by atoms with E-state index in [-0.39, 0.29) is 73.6 Å². The van der Waals surface area contributed by atoms with Crippen molar-refractivity contribution in [3.05, 3.63) is 42.5 Å². The number of hydrogen-bond acceptors (Lipinski definition) is 3. The fraction of sp³-hybridized carbons (Fsp3) is 0.583. The molecule has 32 heavy (non-hydrogen) atoms. The zero-order valence-electron chi connectivity index (χ0n) is 17.6. The third kappa shape index (κ3) is 10.7. The number of fused-ring (bicyclic) bond motifs is 2. The Morgan fingerprint density at radius 2 is 1.56 bits per heavy atom. The van der Waals surface area contributed by atoms with Gasteiger partial charge < -0.3 is 14.6 Å². The van der Waals surface area contributed by atoms with Crippen LogP contribution in [0.4, 0.5) is 18.2 Å². The van der Waals surface area contributed by atoms with Crippen LogP contribution in [0.5, 0.6) is 5.75 Å². The van der Waals surface area contributed by atoms with E-state index in [1.54, 1.807) is 0 Å². The summed E-state index contributed by atoms with van der Waals surface area (Å²) in [7, 11) is 0. The van der Waals surface area contributed by atoms with Gasteiger partial charge in [0.25, 0.3) is 0 Å². The Morgan fingerprint density at radius 3 is 2.22 bits per heavy atom. The molecule has 2 saturated carbocycles. The van der Waals surface area contributed by atoms with Crippen LogP contribution in [0.15, 0.2) is 42.5 Å². The molecule has 2 aliphatic carbocycles. The van der Waals surface area contributed by atoms with Gasteiger partial charge in [-0.05, 0) is 54.0 Å². The van der Waals surface area contributed by atoms with Crippen LogP contribution in [-0.2, 0) is 4.74 Å². The van der Waals surface area contributed by atoms with Crippen molar-refractivity contribution < 1.29 is 76.8 Å². The molecule has 2 aliphatic rings. The van der Waals surface area contributed by atoms with Crippen LogP contribution >= 0.6 is 0 Å². The second kappa shape index (κ2) is 18.0. The van der Waals surface area contributed by atoms with E-state index in [1.165, 1.54) is 31.1 Å². The number of benzene rings is 2. The molecule has 0 amide bonds. The first kappa shape index (κ1) is 33.8. The van der Waals surface area contributed by atoms with Crippen LogP contribution in [-0.4, -0.2) is 31.0 Å². The average molecular weight is 676 g/mol. The fourth-order valence-electron chi connectivity index (χ4n) is 4.52. The molecule has 2 fully saturated rings. The molecule has 0 saturated heterocycles. The molecular formula is C24H36AcF4O3. The molecule has 181 valence electrons. The Morgan fingerprint density at radius 1 is 0.906 bits per heavy atom. The summed E-state index contributed by atoms with van der Waals surface area (Å²) in [6.45, 7) is -2.19. The Kier molecular flexibility index (Phi) is 19.0. The molecule has 8 heteroatoms. The summed E-state index contributed by atoms with van der Waals surface area (Å²) in [6, 6.07) is 14.0. The zero-order valence-corrected chi connectivity index (χ0v) is 22.4. The van der Waals surface area contributed by atoms with Gasteiger partial charge in [0.05, 0.1) is 12.7 Å². The number of aliphatic hydroxyl groups is 1. The van der Waals surface area contributed by atoms with Crippen molar-refractivity contribution in [1.29, 1.82) is 0 Å². The smallest absolute Gasteiger partial charge is 0.345 e. The van der Waals surface area contributed by atoms with Crippen molar-refractivity contribution in [2.24, 2.45) is 11.8 Å². The maximum Gasteiger partial charge on any atom is 0.345 e. The van der Waals surface area contributed by atoms with Gasteiger partial charge in [-0.1, -0.05) is 63.4 Å². The SMILES string of the molecule is C.F.F.FC(F)OC1CCC2CCCCC2C1.OCCOc1ccc2ccccc2c1.[Ac]. The van der Waals surface area contributed by atoms with Gasteiger partial charge in [0.1, 0.15) is 12.4 Å². The molecule has 2 aromatic rings. The molecule has 0 spiro atoms. The van der Waals surface area contributed by atoms with Crippen LogP contribution in [0, 0.1) is 55.9 Å². The first-order valence-corrected chi connectivity index (χ1v) is 10.3. The molecule has 3 nitrogen and oxygen atoms in total. The monoisotopic (exact) mass is 675 g/mol. The minimum absolute atomic E-state index is 0. The van der Waals surface area contributed by atoms with Crippen molar-refractivity contribution >= 4 is 10.8 Å². The van der Waals surface area contributed by atoms with E-state index in [9.17, 15) is 8.78 Å². The van der Waals surface area contributed by atoms with Gasteiger partial charge in [0.2, 0.25) is 0 Å². The van der Waals surface area contributed by atoms with Crippen LogP contribution in [0.25, 0.3) is 10.8 Å². The van der Waals surface area contributed by atoms with E-state index in [0.29, 0.717) is 12.5 Å². The van der Waals surface area contributed by atoms with E-state index in [0.717, 1.165) is 36.3 Å². The molecule has 1 N–H and O–H groups in total. The zero-order chi connectivity index (χ0) is 19.8. The van der Waals surface area contributed by atoms with Crippen LogP contribution in [0.1, 0.15) is 52.4 Å². The van der Waals surface area contributed by atoms with Crippen molar-refractivity contribution in [1.82, 2.24) is 0 Å². The predicted octanol–water partition coefficient (Wildman–Crippen LogP) is 6.74. The summed E-state index contributed by atoms with van der Waals surface area (Å²) in [5.41, 5.74) is 0. The van der Waals surface area contributed by atoms with Crippen LogP contribution < -0.4 is 4.74 Å². The van der Waals surface area contributed by atoms with Crippen molar-refractivity contribution in [2.75, 3.05) is 13.2 Å². The topological polar surface area (TPSA) is 38.7 Å². The average Bonchev–Trinajstić information content (AvgIpc) is 2.72. The van der Waals surface area contributed by atoms with Gasteiger partial charge in [-0.15, -0.1) is 0 Å². The van der Waals surface area contributed by atoms with Gasteiger partial charge >= 0.3 is 6.61 Å². The van der Waals surface area contributed by atoms with Crippen molar-refractivity contribution in [2.45, 2.75) is 65.1 Å². The van der Waals surface area contributed by atoms with Gasteiger partial charge in [-0.3, -0.25) is 9.41 Å². The van der Waals surface area contributed by atoms with Crippen LogP contribution in [0.3, 0.4) is 0 Å².